The van der Waals surface area contributed by atoms with Crippen molar-refractivity contribution in [3.05, 3.63) is 29.8 Å². The number of benzene rings is 1. The van der Waals surface area contributed by atoms with Crippen molar-refractivity contribution in [2.45, 2.75) is 44.2 Å². The Hall–Kier alpha value is -2.46. The molecule has 0 heterocycles. The number of ether oxygens (including phenoxy) is 2. The molecule has 2 unspecified atom stereocenters. The first kappa shape index (κ1) is 23.6. The second kappa shape index (κ2) is 8.70. The molecule has 0 bridgehead atoms. The molecule has 0 radical (unpaired) electrons. The van der Waals surface area contributed by atoms with Gasteiger partial charge in [0.1, 0.15) is 0 Å². The number of nitrogens with zero attached hydrogens (tertiary/aromatic N) is 1. The number of aliphatic hydroxyl groups is 1. The van der Waals surface area contributed by atoms with Crippen LogP contribution in [0.1, 0.15) is 26.3 Å². The first-order valence-electron chi connectivity index (χ1n) is 8.28. The van der Waals surface area contributed by atoms with Gasteiger partial charge in [0.25, 0.3) is 15.9 Å². The highest BCUT2D eigenvalue weighted by Crippen LogP contribution is 2.28. The molecule has 156 valence electrons. The van der Waals surface area contributed by atoms with Crippen LogP contribution >= 0.6 is 0 Å². The Kier molecular flexibility index (Phi) is 7.32. The van der Waals surface area contributed by atoms with Gasteiger partial charge in [0.15, 0.2) is 12.0 Å². The van der Waals surface area contributed by atoms with Crippen LogP contribution in [-0.4, -0.2) is 61.5 Å². The van der Waals surface area contributed by atoms with Crippen LogP contribution in [0.4, 0.5) is 0 Å². The lowest BCUT2D eigenvalue weighted by Gasteiger charge is -2.36. The molecule has 1 aromatic carbocycles. The van der Waals surface area contributed by atoms with Crippen molar-refractivity contribution in [3.8, 4) is 0 Å². The lowest BCUT2D eigenvalue weighted by atomic mass is 9.99. The molecule has 0 saturated heterocycles. The van der Waals surface area contributed by atoms with E-state index in [4.69, 9.17) is 0 Å². The zero-order valence-corrected chi connectivity index (χ0v) is 17.4. The number of aryl methyl sites for hydroxylation is 1. The summed E-state index contributed by atoms with van der Waals surface area (Å²) in [5.74, 6) is -5.96. The Bertz CT molecular complexity index is 839. The maximum Gasteiger partial charge on any atom is 0.336 e. The van der Waals surface area contributed by atoms with E-state index in [0.717, 1.165) is 19.8 Å². The topological polar surface area (TPSA) is 127 Å². The molecule has 1 amide bonds. The van der Waals surface area contributed by atoms with E-state index >= 15 is 0 Å². The highest BCUT2D eigenvalue weighted by Gasteiger charge is 2.48. The highest BCUT2D eigenvalue weighted by atomic mass is 32.2. The number of rotatable bonds is 6. The van der Waals surface area contributed by atoms with Gasteiger partial charge in [0.2, 0.25) is 0 Å². The lowest BCUT2D eigenvalue weighted by Crippen LogP contribution is -2.56. The van der Waals surface area contributed by atoms with Crippen LogP contribution in [0.3, 0.4) is 0 Å². The smallest absolute Gasteiger partial charge is 0.336 e. The van der Waals surface area contributed by atoms with Gasteiger partial charge in [-0.25, -0.2) is 17.5 Å². The molecule has 2 atom stereocenters. The second-order valence-electron chi connectivity index (χ2n) is 7.06. The normalized spacial score (nSPS) is 14.0. The Morgan fingerprint density at radius 3 is 1.86 bits per heavy atom. The maximum atomic E-state index is 13.2. The quantitative estimate of drug-likeness (QED) is 0.529. The minimum absolute atomic E-state index is 0.183. The lowest BCUT2D eigenvalue weighted by molar-refractivity contribution is -0.169. The molecule has 0 saturated carbocycles. The molecule has 0 aliphatic rings. The van der Waals surface area contributed by atoms with Gasteiger partial charge in [-0.15, -0.1) is 0 Å². The van der Waals surface area contributed by atoms with Crippen molar-refractivity contribution in [1.82, 2.24) is 4.31 Å². The maximum absolute atomic E-state index is 13.2. The molecule has 10 heteroatoms. The summed E-state index contributed by atoms with van der Waals surface area (Å²) in [5.41, 5.74) is -0.510. The Labute approximate surface area is 164 Å². The number of esters is 2. The first-order valence-corrected chi connectivity index (χ1v) is 9.72. The van der Waals surface area contributed by atoms with Gasteiger partial charge in [-0.05, 0) is 39.8 Å². The molecule has 0 aromatic heterocycles. The van der Waals surface area contributed by atoms with E-state index < -0.39 is 45.4 Å². The molecule has 1 rings (SSSR count). The molecule has 1 N–H and O–H groups in total. The fourth-order valence-electron chi connectivity index (χ4n) is 2.50. The zero-order chi connectivity index (χ0) is 21.9. The number of amides is 1. The van der Waals surface area contributed by atoms with Crippen LogP contribution in [0, 0.1) is 12.8 Å². The standard InChI is InChI=1S/C18H25NO8S/c1-11-7-9-12(10-8-11)28(24,25)19(18(2,3)4)15(21)13(16(22)26-5)14(20)17(23)27-6/h7-10,13-14,20H,1-6H3. The largest absolute Gasteiger partial charge is 0.468 e. The predicted molar refractivity (Wildman–Crippen MR) is 98.5 cm³/mol. The van der Waals surface area contributed by atoms with Crippen molar-refractivity contribution in [2.24, 2.45) is 5.92 Å². The van der Waals surface area contributed by atoms with E-state index in [1.165, 1.54) is 32.9 Å². The summed E-state index contributed by atoms with van der Waals surface area (Å²) in [5, 5.41) is 10.1. The number of methoxy groups -OCH3 is 2. The third-order valence-electron chi connectivity index (χ3n) is 3.85. The molecule has 9 nitrogen and oxygen atoms in total. The molecule has 0 spiro atoms. The molecule has 28 heavy (non-hydrogen) atoms. The van der Waals surface area contributed by atoms with E-state index in [0.29, 0.717) is 4.31 Å². The average Bonchev–Trinajstić information content (AvgIpc) is 2.59. The van der Waals surface area contributed by atoms with Crippen molar-refractivity contribution < 1.29 is 37.4 Å². The minimum Gasteiger partial charge on any atom is -0.468 e. The summed E-state index contributed by atoms with van der Waals surface area (Å²) < 4.78 is 35.7. The number of carbonyl (C=O) groups is 3. The van der Waals surface area contributed by atoms with Crippen LogP contribution in [0.25, 0.3) is 0 Å². The summed E-state index contributed by atoms with van der Waals surface area (Å²) in [6.45, 7) is 6.09. The highest BCUT2D eigenvalue weighted by molar-refractivity contribution is 7.89. The summed E-state index contributed by atoms with van der Waals surface area (Å²) in [6.07, 6.45) is -2.23. The van der Waals surface area contributed by atoms with Crippen molar-refractivity contribution in [2.75, 3.05) is 14.2 Å². The molecular weight excluding hydrogens is 390 g/mol. The summed E-state index contributed by atoms with van der Waals surface area (Å²) >= 11 is 0. The third-order valence-corrected chi connectivity index (χ3v) is 5.92. The Morgan fingerprint density at radius 2 is 1.46 bits per heavy atom. The van der Waals surface area contributed by atoms with Crippen LogP contribution in [0.2, 0.25) is 0 Å². The fraction of sp³-hybridized carbons (Fsp3) is 0.500. The second-order valence-corrected chi connectivity index (χ2v) is 8.85. The van der Waals surface area contributed by atoms with Crippen LogP contribution in [0.15, 0.2) is 29.2 Å². The van der Waals surface area contributed by atoms with Crippen LogP contribution in [0.5, 0.6) is 0 Å². The van der Waals surface area contributed by atoms with E-state index in [1.54, 1.807) is 19.1 Å². The summed E-state index contributed by atoms with van der Waals surface area (Å²) in [7, 11) is -2.51. The number of sulfonamides is 1. The van der Waals surface area contributed by atoms with Crippen LogP contribution in [-0.2, 0) is 33.9 Å². The number of carbonyl (C=O) groups excluding carboxylic acids is 3. The monoisotopic (exact) mass is 415 g/mol. The number of hydrogen-bond acceptors (Lipinski definition) is 8. The van der Waals surface area contributed by atoms with Crippen molar-refractivity contribution in [3.63, 3.8) is 0 Å². The molecular formula is C18H25NO8S. The van der Waals surface area contributed by atoms with Gasteiger partial charge >= 0.3 is 11.9 Å². The number of aliphatic hydroxyl groups excluding tert-OH is 1. The fourth-order valence-corrected chi connectivity index (χ4v) is 4.26. The number of hydrogen-bond donors (Lipinski definition) is 1. The van der Waals surface area contributed by atoms with E-state index in [1.807, 2.05) is 0 Å². The summed E-state index contributed by atoms with van der Waals surface area (Å²) in [6, 6.07) is 5.75. The molecule has 0 aliphatic carbocycles. The van der Waals surface area contributed by atoms with Crippen molar-refractivity contribution in [1.29, 1.82) is 0 Å². The average molecular weight is 415 g/mol. The predicted octanol–water partition coefficient (Wildman–Crippen LogP) is 0.634. The van der Waals surface area contributed by atoms with Crippen LogP contribution < -0.4 is 0 Å². The van der Waals surface area contributed by atoms with E-state index in [-0.39, 0.29) is 4.90 Å². The van der Waals surface area contributed by atoms with Gasteiger partial charge in [-0.3, -0.25) is 9.59 Å². The van der Waals surface area contributed by atoms with Gasteiger partial charge in [0.05, 0.1) is 24.7 Å². The molecule has 1 aromatic rings. The van der Waals surface area contributed by atoms with Gasteiger partial charge in [-0.1, -0.05) is 17.7 Å². The summed E-state index contributed by atoms with van der Waals surface area (Å²) in [4.78, 5) is 36.8. The zero-order valence-electron chi connectivity index (χ0n) is 16.6. The minimum atomic E-state index is -4.41. The Balaban J connectivity index is 3.58. The third kappa shape index (κ3) is 4.87. The van der Waals surface area contributed by atoms with E-state index in [2.05, 4.69) is 9.47 Å². The molecule has 0 aliphatic heterocycles. The SMILES string of the molecule is COC(=O)C(O)C(C(=O)OC)C(=O)N(C(C)(C)C)S(=O)(=O)c1ccc(C)cc1. The Morgan fingerprint density at radius 1 is 1.00 bits per heavy atom. The molecule has 0 fully saturated rings. The first-order chi connectivity index (χ1) is 12.8. The van der Waals surface area contributed by atoms with Gasteiger partial charge in [0, 0.05) is 0 Å². The van der Waals surface area contributed by atoms with Crippen molar-refractivity contribution >= 4 is 27.9 Å². The van der Waals surface area contributed by atoms with E-state index in [9.17, 15) is 27.9 Å². The van der Waals surface area contributed by atoms with Gasteiger partial charge < -0.3 is 14.6 Å². The van der Waals surface area contributed by atoms with Gasteiger partial charge in [-0.2, -0.15) is 0 Å².